The molecule has 0 heterocycles. The predicted octanol–water partition coefficient (Wildman–Crippen LogP) is 2.63. The van der Waals surface area contributed by atoms with Crippen molar-refractivity contribution in [3.63, 3.8) is 0 Å². The van der Waals surface area contributed by atoms with Gasteiger partial charge in [0, 0.05) is 12.3 Å². The summed E-state index contributed by atoms with van der Waals surface area (Å²) in [5, 5.41) is 0.843. The average molecular weight is 310 g/mol. The lowest BCUT2D eigenvalue weighted by atomic mass is 9.98. The Morgan fingerprint density at radius 2 is 1.70 bits per heavy atom. The Labute approximate surface area is 134 Å². The van der Waals surface area contributed by atoms with Crippen LogP contribution >= 0.6 is 0 Å². The maximum Gasteiger partial charge on any atom is 0.254 e. The molecule has 1 N–H and O–H groups in total. The summed E-state index contributed by atoms with van der Waals surface area (Å²) >= 11 is 0. The SMILES string of the molecule is CCC(=O)NN(C=O)OCC1c2ccccc2-c2ccccc21. The Morgan fingerprint density at radius 1 is 1.13 bits per heavy atom. The van der Waals surface area contributed by atoms with Gasteiger partial charge in [0.2, 0.25) is 5.91 Å². The Morgan fingerprint density at radius 3 is 2.22 bits per heavy atom. The third kappa shape index (κ3) is 2.96. The van der Waals surface area contributed by atoms with Crippen LogP contribution in [-0.4, -0.2) is 24.1 Å². The summed E-state index contributed by atoms with van der Waals surface area (Å²) in [4.78, 5) is 27.9. The normalized spacial score (nSPS) is 12.4. The van der Waals surface area contributed by atoms with Crippen molar-refractivity contribution in [3.05, 3.63) is 59.7 Å². The first kappa shape index (κ1) is 15.2. The van der Waals surface area contributed by atoms with Gasteiger partial charge in [-0.1, -0.05) is 55.5 Å². The van der Waals surface area contributed by atoms with Gasteiger partial charge in [0.15, 0.2) is 0 Å². The zero-order chi connectivity index (χ0) is 16.2. The first-order valence-electron chi connectivity index (χ1n) is 7.59. The van der Waals surface area contributed by atoms with E-state index in [9.17, 15) is 9.59 Å². The number of benzene rings is 2. The summed E-state index contributed by atoms with van der Waals surface area (Å²) in [7, 11) is 0. The first-order chi connectivity index (χ1) is 11.2. The minimum absolute atomic E-state index is 0.0309. The van der Waals surface area contributed by atoms with Crippen molar-refractivity contribution in [1.82, 2.24) is 10.6 Å². The zero-order valence-corrected chi connectivity index (χ0v) is 12.9. The molecule has 5 nitrogen and oxygen atoms in total. The fourth-order valence-corrected chi connectivity index (χ4v) is 2.89. The highest BCUT2D eigenvalue weighted by Crippen LogP contribution is 2.44. The molecular weight excluding hydrogens is 292 g/mol. The van der Waals surface area contributed by atoms with Gasteiger partial charge in [0.25, 0.3) is 6.41 Å². The summed E-state index contributed by atoms with van der Waals surface area (Å²) in [6, 6.07) is 16.3. The lowest BCUT2D eigenvalue weighted by Gasteiger charge is -2.20. The minimum atomic E-state index is -0.274. The van der Waals surface area contributed by atoms with Crippen molar-refractivity contribution in [3.8, 4) is 11.1 Å². The molecule has 0 atom stereocenters. The van der Waals surface area contributed by atoms with E-state index in [0.29, 0.717) is 6.41 Å². The number of hydroxylamine groups is 1. The van der Waals surface area contributed by atoms with Crippen molar-refractivity contribution in [2.45, 2.75) is 19.3 Å². The topological polar surface area (TPSA) is 58.6 Å². The molecule has 0 aliphatic heterocycles. The highest BCUT2D eigenvalue weighted by molar-refractivity contribution is 5.78. The molecule has 0 fully saturated rings. The Hall–Kier alpha value is -2.66. The van der Waals surface area contributed by atoms with Gasteiger partial charge in [-0.15, -0.1) is 5.17 Å². The maximum atomic E-state index is 11.4. The molecule has 2 aromatic rings. The fraction of sp³-hybridized carbons (Fsp3) is 0.222. The molecule has 0 unspecified atom stereocenters. The second-order valence-corrected chi connectivity index (χ2v) is 5.34. The number of hydrazine groups is 1. The quantitative estimate of drug-likeness (QED) is 0.659. The van der Waals surface area contributed by atoms with Crippen LogP contribution in [0.15, 0.2) is 48.5 Å². The van der Waals surface area contributed by atoms with E-state index < -0.39 is 0 Å². The van der Waals surface area contributed by atoms with Gasteiger partial charge >= 0.3 is 0 Å². The lowest BCUT2D eigenvalue weighted by Crippen LogP contribution is -2.41. The van der Waals surface area contributed by atoms with Crippen LogP contribution in [0.3, 0.4) is 0 Å². The smallest absolute Gasteiger partial charge is 0.254 e. The van der Waals surface area contributed by atoms with E-state index in [0.717, 1.165) is 5.17 Å². The molecule has 2 amide bonds. The van der Waals surface area contributed by atoms with Crippen molar-refractivity contribution < 1.29 is 14.4 Å². The third-order valence-electron chi connectivity index (χ3n) is 3.99. The number of amides is 2. The number of carbonyl (C=O) groups excluding carboxylic acids is 2. The van der Waals surface area contributed by atoms with Crippen molar-refractivity contribution in [2.75, 3.05) is 6.61 Å². The van der Waals surface area contributed by atoms with Crippen molar-refractivity contribution >= 4 is 12.3 Å². The van der Waals surface area contributed by atoms with E-state index in [-0.39, 0.29) is 24.9 Å². The molecule has 118 valence electrons. The molecule has 2 aromatic carbocycles. The van der Waals surface area contributed by atoms with E-state index in [1.54, 1.807) is 6.92 Å². The monoisotopic (exact) mass is 310 g/mol. The number of nitrogens with one attached hydrogen (secondary N) is 1. The Balaban J connectivity index is 1.80. The highest BCUT2D eigenvalue weighted by atomic mass is 16.7. The predicted molar refractivity (Wildman–Crippen MR) is 86.0 cm³/mol. The van der Waals surface area contributed by atoms with Gasteiger partial charge in [0.1, 0.15) is 0 Å². The Kier molecular flexibility index (Phi) is 4.39. The minimum Gasteiger partial charge on any atom is -0.274 e. The van der Waals surface area contributed by atoms with Crippen LogP contribution in [0.4, 0.5) is 0 Å². The summed E-state index contributed by atoms with van der Waals surface area (Å²) in [6.45, 7) is 1.98. The number of carbonyl (C=O) groups is 2. The molecule has 1 aliphatic carbocycles. The van der Waals surface area contributed by atoms with Crippen LogP contribution in [0.25, 0.3) is 11.1 Å². The first-order valence-corrected chi connectivity index (χ1v) is 7.59. The van der Waals surface area contributed by atoms with E-state index in [1.807, 2.05) is 24.3 Å². The number of rotatable bonds is 6. The van der Waals surface area contributed by atoms with E-state index in [4.69, 9.17) is 4.84 Å². The van der Waals surface area contributed by atoms with Gasteiger partial charge < -0.3 is 0 Å². The van der Waals surface area contributed by atoms with Crippen LogP contribution in [0.2, 0.25) is 0 Å². The zero-order valence-electron chi connectivity index (χ0n) is 12.9. The van der Waals surface area contributed by atoms with Gasteiger partial charge in [0.05, 0.1) is 6.61 Å². The number of nitrogens with zero attached hydrogens (tertiary/aromatic N) is 1. The second-order valence-electron chi connectivity index (χ2n) is 5.34. The molecule has 1 aliphatic rings. The van der Waals surface area contributed by atoms with Crippen molar-refractivity contribution in [2.24, 2.45) is 0 Å². The van der Waals surface area contributed by atoms with Crippen LogP contribution in [0.5, 0.6) is 0 Å². The molecule has 0 bridgehead atoms. The van der Waals surface area contributed by atoms with Crippen LogP contribution in [0.1, 0.15) is 30.4 Å². The molecule has 5 heteroatoms. The molecule has 3 rings (SSSR count). The highest BCUT2D eigenvalue weighted by Gasteiger charge is 2.28. The van der Waals surface area contributed by atoms with E-state index >= 15 is 0 Å². The van der Waals surface area contributed by atoms with Gasteiger partial charge in [-0.05, 0) is 22.3 Å². The summed E-state index contributed by atoms with van der Waals surface area (Å²) < 4.78 is 0. The Bertz CT molecular complexity index is 684. The molecule has 0 aromatic heterocycles. The number of hydrogen-bond acceptors (Lipinski definition) is 3. The van der Waals surface area contributed by atoms with Crippen LogP contribution in [0, 0.1) is 0 Å². The maximum absolute atomic E-state index is 11.4. The number of fused-ring (bicyclic) bond motifs is 3. The molecule has 23 heavy (non-hydrogen) atoms. The molecule has 0 saturated carbocycles. The van der Waals surface area contributed by atoms with Gasteiger partial charge in [-0.2, -0.15) is 0 Å². The van der Waals surface area contributed by atoms with Crippen LogP contribution < -0.4 is 5.43 Å². The average Bonchev–Trinajstić information content (AvgIpc) is 2.92. The van der Waals surface area contributed by atoms with Gasteiger partial charge in [-0.25, -0.2) is 5.43 Å². The van der Waals surface area contributed by atoms with E-state index in [2.05, 4.69) is 29.7 Å². The molecule has 0 spiro atoms. The summed E-state index contributed by atoms with van der Waals surface area (Å²) in [6.07, 6.45) is 0.739. The standard InChI is InChI=1S/C18H18N2O3/c1-2-18(22)19-20(12-21)23-11-17-15-9-5-3-7-13(15)14-8-4-6-10-16(14)17/h3-10,12,17H,2,11H2,1H3,(H,19,22). The summed E-state index contributed by atoms with van der Waals surface area (Å²) in [5.41, 5.74) is 7.10. The summed E-state index contributed by atoms with van der Waals surface area (Å²) in [5.74, 6) is -0.243. The van der Waals surface area contributed by atoms with Crippen LogP contribution in [-0.2, 0) is 14.4 Å². The molecule has 0 saturated heterocycles. The van der Waals surface area contributed by atoms with Gasteiger partial charge in [-0.3, -0.25) is 14.4 Å². The van der Waals surface area contributed by atoms with E-state index in [1.165, 1.54) is 22.3 Å². The second kappa shape index (κ2) is 6.62. The third-order valence-corrected chi connectivity index (χ3v) is 3.99. The molecule has 0 radical (unpaired) electrons. The fourth-order valence-electron chi connectivity index (χ4n) is 2.89. The lowest BCUT2D eigenvalue weighted by molar-refractivity contribution is -0.196. The van der Waals surface area contributed by atoms with Crippen molar-refractivity contribution in [1.29, 1.82) is 0 Å². The molecular formula is C18H18N2O3. The number of hydrogen-bond donors (Lipinski definition) is 1. The largest absolute Gasteiger partial charge is 0.274 e.